The van der Waals surface area contributed by atoms with Gasteiger partial charge in [-0.1, -0.05) is 0 Å². The Morgan fingerprint density at radius 3 is 2.82 bits per heavy atom. The van der Waals surface area contributed by atoms with E-state index in [4.69, 9.17) is 14.7 Å². The molecule has 0 bridgehead atoms. The van der Waals surface area contributed by atoms with Crippen LogP contribution < -0.4 is 14.2 Å². The highest BCUT2D eigenvalue weighted by molar-refractivity contribution is 7.93. The molecule has 0 saturated heterocycles. The molecule has 17 heavy (non-hydrogen) atoms. The standard InChI is InChI=1S/C10H10N2O4S/c1-7(5-11)17(13,14)12-8-2-3-9-10(4-8)16-6-15-9/h2-4,7,12H,6H2,1H3. The minimum Gasteiger partial charge on any atom is -0.454 e. The molecule has 0 saturated carbocycles. The molecule has 1 N–H and O–H groups in total. The molecule has 1 unspecified atom stereocenters. The predicted molar refractivity (Wildman–Crippen MR) is 60.2 cm³/mol. The zero-order chi connectivity index (χ0) is 12.5. The van der Waals surface area contributed by atoms with Crippen molar-refractivity contribution in [3.8, 4) is 17.6 Å². The van der Waals surface area contributed by atoms with E-state index < -0.39 is 15.3 Å². The molecular formula is C10H10N2O4S. The van der Waals surface area contributed by atoms with E-state index in [9.17, 15) is 8.42 Å². The molecule has 1 aromatic rings. The maximum atomic E-state index is 11.6. The Kier molecular flexibility index (Phi) is 2.81. The number of rotatable bonds is 3. The Balaban J connectivity index is 2.23. The molecule has 1 atom stereocenters. The molecule has 1 heterocycles. The average molecular weight is 254 g/mol. The van der Waals surface area contributed by atoms with Crippen molar-refractivity contribution in [2.45, 2.75) is 12.2 Å². The lowest BCUT2D eigenvalue weighted by atomic mass is 10.3. The van der Waals surface area contributed by atoms with E-state index in [-0.39, 0.29) is 6.79 Å². The SMILES string of the molecule is CC(C#N)S(=O)(=O)Nc1ccc2c(c1)OCO2. The average Bonchev–Trinajstić information content (AvgIpc) is 2.74. The molecule has 1 aromatic carbocycles. The van der Waals surface area contributed by atoms with E-state index in [1.807, 2.05) is 0 Å². The predicted octanol–water partition coefficient (Wildman–Crippen LogP) is 1.07. The van der Waals surface area contributed by atoms with Gasteiger partial charge in [0.25, 0.3) is 0 Å². The van der Waals surface area contributed by atoms with Crippen LogP contribution in [0.3, 0.4) is 0 Å². The molecule has 1 aliphatic heterocycles. The van der Waals surface area contributed by atoms with Crippen LogP contribution in [0.5, 0.6) is 11.5 Å². The fourth-order valence-electron chi connectivity index (χ4n) is 1.28. The summed E-state index contributed by atoms with van der Waals surface area (Å²) < 4.78 is 35.8. The summed E-state index contributed by atoms with van der Waals surface area (Å²) in [7, 11) is -3.69. The van der Waals surface area contributed by atoms with Crippen LogP contribution >= 0.6 is 0 Å². The first-order valence-electron chi connectivity index (χ1n) is 4.84. The molecule has 0 spiro atoms. The zero-order valence-corrected chi connectivity index (χ0v) is 9.82. The van der Waals surface area contributed by atoms with E-state index in [1.165, 1.54) is 13.0 Å². The Labute approximate surface area is 98.8 Å². The number of ether oxygens (including phenoxy) is 2. The Hall–Kier alpha value is -1.94. The first-order chi connectivity index (χ1) is 8.03. The van der Waals surface area contributed by atoms with Crippen LogP contribution in [0.25, 0.3) is 0 Å². The summed E-state index contributed by atoms with van der Waals surface area (Å²) in [6.07, 6.45) is 0. The van der Waals surface area contributed by atoms with Crippen molar-refractivity contribution in [1.29, 1.82) is 5.26 Å². The normalized spacial score (nSPS) is 15.1. The molecule has 2 rings (SSSR count). The highest BCUT2D eigenvalue weighted by Gasteiger charge is 2.21. The van der Waals surface area contributed by atoms with Crippen molar-refractivity contribution in [2.75, 3.05) is 11.5 Å². The van der Waals surface area contributed by atoms with E-state index >= 15 is 0 Å². The van der Waals surface area contributed by atoms with Gasteiger partial charge in [0.2, 0.25) is 16.8 Å². The summed E-state index contributed by atoms with van der Waals surface area (Å²) in [5.74, 6) is 1.05. The second-order valence-corrected chi connectivity index (χ2v) is 5.49. The van der Waals surface area contributed by atoms with Gasteiger partial charge < -0.3 is 9.47 Å². The highest BCUT2D eigenvalue weighted by Crippen LogP contribution is 2.34. The number of nitriles is 1. The zero-order valence-electron chi connectivity index (χ0n) is 9.00. The molecular weight excluding hydrogens is 244 g/mol. The third-order valence-electron chi connectivity index (χ3n) is 2.28. The fourth-order valence-corrected chi connectivity index (χ4v) is 2.05. The van der Waals surface area contributed by atoms with Gasteiger partial charge in [0.05, 0.1) is 11.8 Å². The largest absolute Gasteiger partial charge is 0.454 e. The summed E-state index contributed by atoms with van der Waals surface area (Å²) in [6.45, 7) is 1.44. The van der Waals surface area contributed by atoms with Crippen molar-refractivity contribution in [2.24, 2.45) is 0 Å². The molecule has 0 aromatic heterocycles. The Morgan fingerprint density at radius 2 is 2.12 bits per heavy atom. The minimum absolute atomic E-state index is 0.125. The van der Waals surface area contributed by atoms with Crippen LogP contribution in [0.1, 0.15) is 6.92 Å². The van der Waals surface area contributed by atoms with Crippen molar-refractivity contribution in [3.05, 3.63) is 18.2 Å². The third-order valence-corrected chi connectivity index (χ3v) is 3.84. The Bertz CT molecular complexity index is 576. The van der Waals surface area contributed by atoms with Gasteiger partial charge in [0.15, 0.2) is 16.7 Å². The second-order valence-electron chi connectivity index (χ2n) is 3.49. The lowest BCUT2D eigenvalue weighted by molar-refractivity contribution is 0.174. The van der Waals surface area contributed by atoms with E-state index in [1.54, 1.807) is 18.2 Å². The van der Waals surface area contributed by atoms with Crippen LogP contribution in [0.15, 0.2) is 18.2 Å². The minimum atomic E-state index is -3.69. The monoisotopic (exact) mass is 254 g/mol. The number of nitrogens with zero attached hydrogens (tertiary/aromatic N) is 1. The summed E-state index contributed by atoms with van der Waals surface area (Å²) in [4.78, 5) is 0. The summed E-state index contributed by atoms with van der Waals surface area (Å²) in [5.41, 5.74) is 0.344. The van der Waals surface area contributed by atoms with E-state index in [0.717, 1.165) is 0 Å². The van der Waals surface area contributed by atoms with E-state index in [2.05, 4.69) is 4.72 Å². The van der Waals surface area contributed by atoms with Gasteiger partial charge in [-0.15, -0.1) is 0 Å². The summed E-state index contributed by atoms with van der Waals surface area (Å²) in [5, 5.41) is 7.47. The molecule has 6 nitrogen and oxygen atoms in total. The fraction of sp³-hybridized carbons (Fsp3) is 0.300. The van der Waals surface area contributed by atoms with Crippen LogP contribution in [0, 0.1) is 11.3 Å². The van der Waals surface area contributed by atoms with Crippen molar-refractivity contribution in [1.82, 2.24) is 0 Å². The number of hydrogen-bond acceptors (Lipinski definition) is 5. The maximum absolute atomic E-state index is 11.6. The van der Waals surface area contributed by atoms with Crippen molar-refractivity contribution < 1.29 is 17.9 Å². The number of benzene rings is 1. The van der Waals surface area contributed by atoms with Gasteiger partial charge >= 0.3 is 0 Å². The smallest absolute Gasteiger partial charge is 0.248 e. The highest BCUT2D eigenvalue weighted by atomic mass is 32.2. The molecule has 7 heteroatoms. The molecule has 0 radical (unpaired) electrons. The first kappa shape index (κ1) is 11.5. The van der Waals surface area contributed by atoms with Crippen LogP contribution in [-0.4, -0.2) is 20.5 Å². The van der Waals surface area contributed by atoms with Gasteiger partial charge in [0.1, 0.15) is 0 Å². The van der Waals surface area contributed by atoms with E-state index in [0.29, 0.717) is 17.2 Å². The van der Waals surface area contributed by atoms with Crippen LogP contribution in [0.4, 0.5) is 5.69 Å². The number of nitrogens with one attached hydrogen (secondary N) is 1. The van der Waals surface area contributed by atoms with Crippen molar-refractivity contribution >= 4 is 15.7 Å². The molecule has 0 fully saturated rings. The molecule has 0 amide bonds. The molecule has 0 aliphatic carbocycles. The van der Waals surface area contributed by atoms with Gasteiger partial charge in [-0.05, 0) is 19.1 Å². The number of fused-ring (bicyclic) bond motifs is 1. The van der Waals surface area contributed by atoms with Crippen LogP contribution in [-0.2, 0) is 10.0 Å². The lowest BCUT2D eigenvalue weighted by Crippen LogP contribution is -2.23. The van der Waals surface area contributed by atoms with Crippen LogP contribution in [0.2, 0.25) is 0 Å². The number of hydrogen-bond donors (Lipinski definition) is 1. The topological polar surface area (TPSA) is 88.4 Å². The first-order valence-corrected chi connectivity index (χ1v) is 6.38. The third kappa shape index (κ3) is 2.26. The summed E-state index contributed by atoms with van der Waals surface area (Å²) in [6, 6.07) is 6.35. The van der Waals surface area contributed by atoms with Gasteiger partial charge in [0, 0.05) is 6.07 Å². The summed E-state index contributed by atoms with van der Waals surface area (Å²) >= 11 is 0. The number of sulfonamides is 1. The van der Waals surface area contributed by atoms with Gasteiger partial charge in [-0.25, -0.2) is 8.42 Å². The number of anilines is 1. The lowest BCUT2D eigenvalue weighted by Gasteiger charge is -2.09. The molecule has 1 aliphatic rings. The Morgan fingerprint density at radius 1 is 1.41 bits per heavy atom. The molecule has 90 valence electrons. The van der Waals surface area contributed by atoms with Crippen molar-refractivity contribution in [3.63, 3.8) is 0 Å². The quantitative estimate of drug-likeness (QED) is 0.871. The van der Waals surface area contributed by atoms with Gasteiger partial charge in [-0.2, -0.15) is 5.26 Å². The van der Waals surface area contributed by atoms with Gasteiger partial charge in [-0.3, -0.25) is 4.72 Å². The second kappa shape index (κ2) is 4.14. The maximum Gasteiger partial charge on any atom is 0.248 e.